The Labute approximate surface area is 459 Å². The number of anilines is 1. The van der Waals surface area contributed by atoms with Crippen molar-refractivity contribution in [3.8, 4) is 11.5 Å². The van der Waals surface area contributed by atoms with Gasteiger partial charge in [0.25, 0.3) is 17.2 Å². The van der Waals surface area contributed by atoms with E-state index >= 15 is 14.0 Å². The van der Waals surface area contributed by atoms with Crippen LogP contribution in [0.4, 0.5) is 10.1 Å². The van der Waals surface area contributed by atoms with E-state index in [9.17, 15) is 34.5 Å². The maximum atomic E-state index is 16.2. The van der Waals surface area contributed by atoms with Crippen molar-refractivity contribution in [3.63, 3.8) is 0 Å². The number of ether oxygens (including phenoxy) is 4. The van der Waals surface area contributed by atoms with Crippen LogP contribution in [-0.4, -0.2) is 129 Å². The summed E-state index contributed by atoms with van der Waals surface area (Å²) in [5, 5.41) is 41.5. The summed E-state index contributed by atoms with van der Waals surface area (Å²) in [5.41, 5.74) is 1.66. The topological polar surface area (TPSA) is 235 Å². The van der Waals surface area contributed by atoms with E-state index in [1.807, 2.05) is 17.9 Å². The standard InChI is InChI=1S/C60H74FN5O13/c1-28-14-12-15-29(2)58(74)63-46-49(64-21-13-16-38(25-64)62-39-19-22-65(26-39)48-32(5)47-40(37-17-18-37)24-30(3)59(75)66(47)27-41(48)61)54(72)43-44(53(46)71)52(70)35(8)56-45(43)57(73)60(10,79-56)77-23-20-42(76-11)31(4)55(78-36(9)67)34(7)51(69)33(6)50(28)68/h12,14-15,20,23-24,27-28,31,33-34,37-39,42,50-51,55,62,68-70H,13,16-19,21-22,25-26H2,1-11H3,(H,63,74)/b14-12+,23-20+,29-15-/t28-,31+,33+,34+,38?,39-,42-,50-,51+,55+,60-/m0/s1. The predicted molar refractivity (Wildman–Crippen MR) is 292 cm³/mol. The number of nitrogens with zero attached hydrogens (tertiary/aromatic N) is 3. The number of Topliss-reactive ketones (excluding diaryl/α,β-unsaturated/α-hetero) is 3. The number of aryl methyl sites for hydroxylation is 2. The number of halogens is 1. The maximum absolute atomic E-state index is 16.2. The molecule has 3 aromatic rings. The molecule has 1 unspecified atom stereocenters. The second-order valence-corrected chi connectivity index (χ2v) is 22.9. The third kappa shape index (κ3) is 10.4. The number of fused-ring (bicyclic) bond motifs is 15. The zero-order valence-corrected chi connectivity index (χ0v) is 46.9. The maximum Gasteiger partial charge on any atom is 0.312 e. The molecule has 2 saturated heterocycles. The summed E-state index contributed by atoms with van der Waals surface area (Å²) in [6.45, 7) is 17.5. The molecule has 5 aliphatic heterocycles. The van der Waals surface area contributed by atoms with Crippen molar-refractivity contribution >= 4 is 40.4 Å². The minimum atomic E-state index is -2.14. The van der Waals surface area contributed by atoms with Crippen LogP contribution in [0.15, 0.2) is 64.6 Å². The second kappa shape index (κ2) is 22.1. The molecule has 1 amide bonds. The summed E-state index contributed by atoms with van der Waals surface area (Å²) in [5.74, 6) is -9.64. The molecular weight excluding hydrogens is 1020 g/mol. The Morgan fingerprint density at radius 1 is 0.861 bits per heavy atom. The highest BCUT2D eigenvalue weighted by molar-refractivity contribution is 6.32. The van der Waals surface area contributed by atoms with Gasteiger partial charge in [-0.05, 0) is 89.0 Å². The number of carbonyl (C=O) groups excluding carboxylic acids is 5. The van der Waals surface area contributed by atoms with Crippen molar-refractivity contribution < 1.29 is 62.6 Å². The number of amides is 1. The van der Waals surface area contributed by atoms with Gasteiger partial charge in [0.1, 0.15) is 29.0 Å². The average Bonchev–Trinajstić information content (AvgIpc) is 4.26. The molecule has 1 saturated carbocycles. The molecular formula is C60H74FN5O13. The van der Waals surface area contributed by atoms with E-state index in [4.69, 9.17) is 18.9 Å². The lowest BCUT2D eigenvalue weighted by Crippen LogP contribution is -2.51. The minimum absolute atomic E-state index is 0.0231. The van der Waals surface area contributed by atoms with E-state index in [2.05, 4.69) is 10.6 Å². The fraction of sp³-hybridized carbons (Fsp3) is 0.533. The molecule has 7 aliphatic rings. The number of allylic oxidation sites excluding steroid dienone is 4. The number of rotatable bonds is 7. The van der Waals surface area contributed by atoms with Crippen LogP contribution in [0, 0.1) is 50.3 Å². The highest BCUT2D eigenvalue weighted by atomic mass is 19.1. The number of phenolic OH excluding ortho intramolecular Hbond substituents is 1. The molecule has 5 N–H and O–H groups in total. The van der Waals surface area contributed by atoms with Gasteiger partial charge in [-0.25, -0.2) is 4.39 Å². The Bertz CT molecular complexity index is 3210. The molecule has 79 heavy (non-hydrogen) atoms. The number of aliphatic hydroxyl groups is 2. The molecule has 10 rings (SSSR count). The van der Waals surface area contributed by atoms with Crippen molar-refractivity contribution in [1.29, 1.82) is 0 Å². The Balaban J connectivity index is 1.06. The summed E-state index contributed by atoms with van der Waals surface area (Å²) in [6.07, 6.45) is 8.53. The fourth-order valence-corrected chi connectivity index (χ4v) is 12.6. The SMILES string of the molecule is CO[C@H]1/C=C/O[C@@]2(C)Oc3c(C)c(O)c4c(c3C2=O)C(=O)C(N2CCCC(N[C@H]3CCN(c5c(F)cn6c(=O)c(C)cc(C7CC7)c6c5C)C3)C2)=C(NC(=O)/C(C)=C\C=C\[C@H](C)[C@H](O)[C@@H](C)[C@@H](O)[C@@H](C)[C@H](OC(C)=O)[C@@H]1C)C4=O. The van der Waals surface area contributed by atoms with E-state index in [1.165, 1.54) is 63.8 Å². The molecule has 18 nitrogen and oxygen atoms in total. The number of pyridine rings is 2. The number of aliphatic hydroxyl groups excluding tert-OH is 2. The summed E-state index contributed by atoms with van der Waals surface area (Å²) in [6, 6.07) is 1.57. The number of nitrogens with one attached hydrogen (secondary N) is 2. The molecule has 2 aliphatic carbocycles. The number of aromatic nitrogens is 1. The van der Waals surface area contributed by atoms with Crippen LogP contribution in [0.1, 0.15) is 140 Å². The van der Waals surface area contributed by atoms with Crippen molar-refractivity contribution in [2.75, 3.05) is 38.2 Å². The van der Waals surface area contributed by atoms with Gasteiger partial charge in [0.15, 0.2) is 5.82 Å². The van der Waals surface area contributed by atoms with Crippen LogP contribution in [0.5, 0.6) is 11.5 Å². The van der Waals surface area contributed by atoms with Gasteiger partial charge >= 0.3 is 11.8 Å². The number of aromatic hydroxyl groups is 1. The largest absolute Gasteiger partial charge is 0.507 e. The second-order valence-electron chi connectivity index (χ2n) is 22.9. The number of hydrogen-bond donors (Lipinski definition) is 5. The van der Waals surface area contributed by atoms with Gasteiger partial charge in [0, 0.05) is 99.6 Å². The molecule has 19 heteroatoms. The quantitative estimate of drug-likeness (QED) is 0.158. The normalized spacial score (nSPS) is 31.4. The number of benzene rings is 1. The molecule has 424 valence electrons. The van der Waals surface area contributed by atoms with Gasteiger partial charge in [-0.2, -0.15) is 0 Å². The summed E-state index contributed by atoms with van der Waals surface area (Å²) in [4.78, 5) is 89.3. The smallest absolute Gasteiger partial charge is 0.312 e. The number of piperidine rings is 1. The number of phenols is 1. The van der Waals surface area contributed by atoms with Gasteiger partial charge in [0.05, 0.1) is 58.7 Å². The van der Waals surface area contributed by atoms with Crippen molar-refractivity contribution in [2.45, 2.75) is 150 Å². The van der Waals surface area contributed by atoms with Crippen molar-refractivity contribution in [1.82, 2.24) is 19.9 Å². The molecule has 2 aromatic heterocycles. The zero-order valence-electron chi connectivity index (χ0n) is 46.9. The van der Waals surface area contributed by atoms with E-state index in [0.29, 0.717) is 55.1 Å². The van der Waals surface area contributed by atoms with Crippen LogP contribution in [0.3, 0.4) is 0 Å². The number of ketones is 3. The molecule has 0 radical (unpaired) electrons. The van der Waals surface area contributed by atoms with E-state index in [1.54, 1.807) is 51.7 Å². The molecule has 5 bridgehead atoms. The van der Waals surface area contributed by atoms with Crippen LogP contribution in [0.2, 0.25) is 0 Å². The van der Waals surface area contributed by atoms with E-state index < -0.39 is 106 Å². The van der Waals surface area contributed by atoms with Gasteiger partial charge in [0.2, 0.25) is 11.6 Å². The van der Waals surface area contributed by atoms with Crippen LogP contribution >= 0.6 is 0 Å². The number of likely N-dealkylation sites (tertiary alicyclic amines) is 1. The van der Waals surface area contributed by atoms with Crippen molar-refractivity contribution in [2.24, 2.45) is 23.7 Å². The van der Waals surface area contributed by atoms with Gasteiger partial charge in [-0.15, -0.1) is 0 Å². The molecule has 11 atom stereocenters. The highest BCUT2D eigenvalue weighted by Gasteiger charge is 2.53. The Hall–Kier alpha value is -6.67. The number of hydrogen-bond acceptors (Lipinski definition) is 16. The van der Waals surface area contributed by atoms with Crippen molar-refractivity contribution in [3.05, 3.63) is 115 Å². The molecule has 3 fully saturated rings. The monoisotopic (exact) mass is 1090 g/mol. The predicted octanol–water partition coefficient (Wildman–Crippen LogP) is 6.54. The van der Waals surface area contributed by atoms with Crippen LogP contribution in [0.25, 0.3) is 5.52 Å². The van der Waals surface area contributed by atoms with E-state index in [-0.39, 0.29) is 64.6 Å². The van der Waals surface area contributed by atoms with E-state index in [0.717, 1.165) is 23.9 Å². The van der Waals surface area contributed by atoms with Gasteiger partial charge in [-0.1, -0.05) is 45.9 Å². The van der Waals surface area contributed by atoms with Gasteiger partial charge in [-0.3, -0.25) is 33.2 Å². The van der Waals surface area contributed by atoms with Gasteiger partial charge < -0.3 is 54.7 Å². The molecule has 0 spiro atoms. The zero-order chi connectivity index (χ0) is 57.3. The number of esters is 1. The highest BCUT2D eigenvalue weighted by Crippen LogP contribution is 2.50. The number of methoxy groups -OCH3 is 1. The lowest BCUT2D eigenvalue weighted by Gasteiger charge is -2.39. The minimum Gasteiger partial charge on any atom is -0.507 e. The Morgan fingerprint density at radius 3 is 2.24 bits per heavy atom. The first kappa shape index (κ1) is 57.0. The Kier molecular flexibility index (Phi) is 16.0. The summed E-state index contributed by atoms with van der Waals surface area (Å²) < 4.78 is 41.6. The van der Waals surface area contributed by atoms with Crippen LogP contribution in [-0.2, 0) is 23.8 Å². The summed E-state index contributed by atoms with van der Waals surface area (Å²) >= 11 is 0. The first-order valence-electron chi connectivity index (χ1n) is 27.5. The van der Waals surface area contributed by atoms with Crippen LogP contribution < -0.4 is 25.8 Å². The number of carbonyl (C=O) groups is 5. The Morgan fingerprint density at radius 2 is 1.56 bits per heavy atom. The third-order valence-electron chi connectivity index (χ3n) is 17.3. The lowest BCUT2D eigenvalue weighted by molar-refractivity contribution is -0.160. The molecule has 7 heterocycles. The molecule has 1 aromatic carbocycles. The third-order valence-corrected chi connectivity index (χ3v) is 17.3. The lowest BCUT2D eigenvalue weighted by atomic mass is 9.78. The fourth-order valence-electron chi connectivity index (χ4n) is 12.6. The first-order valence-corrected chi connectivity index (χ1v) is 27.5. The average molecular weight is 1090 g/mol. The first-order chi connectivity index (χ1) is 37.4. The summed E-state index contributed by atoms with van der Waals surface area (Å²) in [7, 11) is 1.43.